The predicted octanol–water partition coefficient (Wildman–Crippen LogP) is 2.56. The molecule has 1 N–H and O–H groups in total. The zero-order valence-corrected chi connectivity index (χ0v) is 12.1. The molecular weight excluding hydrogens is 270 g/mol. The van der Waals surface area contributed by atoms with Crippen molar-refractivity contribution >= 4 is 23.3 Å². The van der Waals surface area contributed by atoms with Gasteiger partial charge < -0.3 is 10.1 Å². The lowest BCUT2D eigenvalue weighted by Crippen LogP contribution is -2.24. The highest BCUT2D eigenvalue weighted by Gasteiger charge is 2.24. The number of ether oxygens (including phenoxy) is 1. The largest absolute Gasteiger partial charge is 0.455 e. The Morgan fingerprint density at radius 2 is 1.86 bits per heavy atom. The van der Waals surface area contributed by atoms with Crippen molar-refractivity contribution in [3.05, 3.63) is 29.8 Å². The minimum Gasteiger partial charge on any atom is -0.455 e. The van der Waals surface area contributed by atoms with E-state index in [0.717, 1.165) is 25.7 Å². The summed E-state index contributed by atoms with van der Waals surface area (Å²) in [5.41, 5.74) is 0.875. The zero-order valence-electron chi connectivity index (χ0n) is 12.1. The van der Waals surface area contributed by atoms with Crippen molar-refractivity contribution in [1.82, 2.24) is 0 Å². The lowest BCUT2D eigenvalue weighted by molar-refractivity contribution is -0.151. The summed E-state index contributed by atoms with van der Waals surface area (Å²) in [6, 6.07) is 6.75. The van der Waals surface area contributed by atoms with E-state index in [-0.39, 0.29) is 24.3 Å². The first-order valence-electron chi connectivity index (χ1n) is 7.14. The number of anilines is 1. The lowest BCUT2D eigenvalue weighted by atomic mass is 10.1. The molecule has 0 unspecified atom stereocenters. The van der Waals surface area contributed by atoms with E-state index in [1.54, 1.807) is 24.3 Å². The van der Waals surface area contributed by atoms with Crippen molar-refractivity contribution in [2.24, 2.45) is 5.92 Å². The van der Waals surface area contributed by atoms with Gasteiger partial charge in [0.05, 0.1) is 11.6 Å². The van der Waals surface area contributed by atoms with E-state index in [1.807, 2.05) is 0 Å². The van der Waals surface area contributed by atoms with Gasteiger partial charge in [0.1, 0.15) is 0 Å². The summed E-state index contributed by atoms with van der Waals surface area (Å²) in [5.74, 6) is -0.936. The van der Waals surface area contributed by atoms with Gasteiger partial charge in [-0.1, -0.05) is 25.0 Å². The minimum absolute atomic E-state index is 0.0673. The number of esters is 1. The molecule has 0 radical (unpaired) electrons. The van der Waals surface area contributed by atoms with Gasteiger partial charge in [0.25, 0.3) is 5.91 Å². The van der Waals surface area contributed by atoms with Crippen LogP contribution in [0.3, 0.4) is 0 Å². The van der Waals surface area contributed by atoms with E-state index in [9.17, 15) is 14.4 Å². The van der Waals surface area contributed by atoms with Crippen LogP contribution >= 0.6 is 0 Å². The number of hydrogen-bond acceptors (Lipinski definition) is 4. The maximum atomic E-state index is 11.8. The highest BCUT2D eigenvalue weighted by molar-refractivity contribution is 6.04. The van der Waals surface area contributed by atoms with Crippen molar-refractivity contribution in [2.45, 2.75) is 32.6 Å². The van der Waals surface area contributed by atoms with Gasteiger partial charge in [-0.25, -0.2) is 0 Å². The molecule has 1 aromatic carbocycles. The van der Waals surface area contributed by atoms with Crippen molar-refractivity contribution in [3.8, 4) is 0 Å². The van der Waals surface area contributed by atoms with E-state index in [1.165, 1.54) is 6.92 Å². The molecule has 5 heteroatoms. The Bertz CT molecular complexity index is 547. The Morgan fingerprint density at radius 3 is 2.52 bits per heavy atom. The fourth-order valence-corrected chi connectivity index (χ4v) is 2.50. The van der Waals surface area contributed by atoms with E-state index < -0.39 is 5.91 Å². The molecule has 0 saturated heterocycles. The molecule has 0 aromatic heterocycles. The Labute approximate surface area is 123 Å². The smallest absolute Gasteiger partial charge is 0.309 e. The monoisotopic (exact) mass is 289 g/mol. The van der Waals surface area contributed by atoms with Crippen molar-refractivity contribution in [1.29, 1.82) is 0 Å². The predicted molar refractivity (Wildman–Crippen MR) is 78.0 cm³/mol. The van der Waals surface area contributed by atoms with E-state index in [4.69, 9.17) is 4.74 Å². The molecule has 1 aromatic rings. The van der Waals surface area contributed by atoms with Gasteiger partial charge in [-0.2, -0.15) is 0 Å². The van der Waals surface area contributed by atoms with Crippen LogP contribution in [-0.4, -0.2) is 24.3 Å². The summed E-state index contributed by atoms with van der Waals surface area (Å²) in [7, 11) is 0. The molecular formula is C16H19NO4. The van der Waals surface area contributed by atoms with Crippen LogP contribution in [0.2, 0.25) is 0 Å². The van der Waals surface area contributed by atoms with Crippen molar-refractivity contribution in [2.75, 3.05) is 11.9 Å². The lowest BCUT2D eigenvalue weighted by Gasteiger charge is -2.11. The third-order valence-corrected chi connectivity index (χ3v) is 3.61. The molecule has 0 bridgehead atoms. The topological polar surface area (TPSA) is 72.5 Å². The van der Waals surface area contributed by atoms with Gasteiger partial charge in [0.15, 0.2) is 12.4 Å². The van der Waals surface area contributed by atoms with Crippen LogP contribution in [0.1, 0.15) is 43.0 Å². The number of para-hydroxylation sites is 1. The molecule has 1 aliphatic carbocycles. The van der Waals surface area contributed by atoms with E-state index in [2.05, 4.69) is 5.32 Å². The average Bonchev–Trinajstić information content (AvgIpc) is 2.99. The quantitative estimate of drug-likeness (QED) is 0.668. The molecule has 1 amide bonds. The van der Waals surface area contributed by atoms with Gasteiger partial charge in [0.2, 0.25) is 0 Å². The molecule has 1 saturated carbocycles. The number of amides is 1. The van der Waals surface area contributed by atoms with Crippen LogP contribution in [0.15, 0.2) is 24.3 Å². The van der Waals surface area contributed by atoms with Crippen LogP contribution in [-0.2, 0) is 14.3 Å². The number of nitrogens with one attached hydrogen (secondary N) is 1. The zero-order chi connectivity index (χ0) is 15.2. The summed E-state index contributed by atoms with van der Waals surface area (Å²) in [4.78, 5) is 35.0. The Balaban J connectivity index is 1.87. The third kappa shape index (κ3) is 4.15. The number of rotatable bonds is 5. The molecule has 0 spiro atoms. The van der Waals surface area contributed by atoms with E-state index in [0.29, 0.717) is 11.3 Å². The number of carbonyl (C=O) groups is 3. The van der Waals surface area contributed by atoms with Crippen LogP contribution in [0.5, 0.6) is 0 Å². The number of hydrogen-bond donors (Lipinski definition) is 1. The fourth-order valence-electron chi connectivity index (χ4n) is 2.50. The standard InChI is InChI=1S/C16H19NO4/c1-11(18)13-8-4-5-9-14(13)17-15(19)10-21-16(20)12-6-2-3-7-12/h4-5,8-9,12H,2-3,6-7,10H2,1H3,(H,17,19). The molecule has 1 aliphatic rings. The van der Waals surface area contributed by atoms with Crippen LogP contribution in [0.4, 0.5) is 5.69 Å². The molecule has 0 aliphatic heterocycles. The first-order valence-corrected chi connectivity index (χ1v) is 7.14. The van der Waals surface area contributed by atoms with E-state index >= 15 is 0 Å². The number of Topliss-reactive ketones (excluding diaryl/α,β-unsaturated/α-hetero) is 1. The third-order valence-electron chi connectivity index (χ3n) is 3.61. The molecule has 0 heterocycles. The molecule has 0 atom stereocenters. The molecule has 112 valence electrons. The summed E-state index contributed by atoms with van der Waals surface area (Å²) in [6.45, 7) is 1.12. The second-order valence-corrected chi connectivity index (χ2v) is 5.24. The van der Waals surface area contributed by atoms with Gasteiger partial charge in [-0.3, -0.25) is 14.4 Å². The normalized spacial score (nSPS) is 14.7. The molecule has 21 heavy (non-hydrogen) atoms. The van der Waals surface area contributed by atoms with Crippen LogP contribution in [0.25, 0.3) is 0 Å². The summed E-state index contributed by atoms with van der Waals surface area (Å²) >= 11 is 0. The number of benzene rings is 1. The average molecular weight is 289 g/mol. The maximum absolute atomic E-state index is 11.8. The first-order chi connectivity index (χ1) is 10.1. The van der Waals surface area contributed by atoms with Gasteiger partial charge in [-0.05, 0) is 31.9 Å². The molecule has 5 nitrogen and oxygen atoms in total. The Morgan fingerprint density at radius 1 is 1.19 bits per heavy atom. The Kier molecular flexibility index (Phi) is 5.09. The second-order valence-electron chi connectivity index (χ2n) is 5.24. The fraction of sp³-hybridized carbons (Fsp3) is 0.438. The van der Waals surface area contributed by atoms with Crippen molar-refractivity contribution < 1.29 is 19.1 Å². The SMILES string of the molecule is CC(=O)c1ccccc1NC(=O)COC(=O)C1CCCC1. The Hall–Kier alpha value is -2.17. The molecule has 2 rings (SSSR count). The van der Waals surface area contributed by atoms with Gasteiger partial charge in [-0.15, -0.1) is 0 Å². The summed E-state index contributed by atoms with van der Waals surface area (Å²) in [6.07, 6.45) is 3.76. The number of ketones is 1. The van der Waals surface area contributed by atoms with Gasteiger partial charge in [0, 0.05) is 5.56 Å². The van der Waals surface area contributed by atoms with Crippen molar-refractivity contribution in [3.63, 3.8) is 0 Å². The van der Waals surface area contributed by atoms with Crippen LogP contribution in [0, 0.1) is 5.92 Å². The maximum Gasteiger partial charge on any atom is 0.309 e. The first kappa shape index (κ1) is 15.2. The highest BCUT2D eigenvalue weighted by Crippen LogP contribution is 2.25. The molecule has 1 fully saturated rings. The highest BCUT2D eigenvalue weighted by atomic mass is 16.5. The summed E-state index contributed by atoms with van der Waals surface area (Å²) in [5, 5.41) is 2.60. The minimum atomic E-state index is -0.435. The summed E-state index contributed by atoms with van der Waals surface area (Å²) < 4.78 is 5.02. The van der Waals surface area contributed by atoms with Gasteiger partial charge >= 0.3 is 5.97 Å². The second kappa shape index (κ2) is 7.02. The number of carbonyl (C=O) groups excluding carboxylic acids is 3. The van der Waals surface area contributed by atoms with Crippen LogP contribution < -0.4 is 5.32 Å².